The molecule has 0 aliphatic rings. The van der Waals surface area contributed by atoms with Crippen molar-refractivity contribution in [2.75, 3.05) is 13.7 Å². The summed E-state index contributed by atoms with van der Waals surface area (Å²) in [4.78, 5) is 28.4. The highest BCUT2D eigenvalue weighted by Crippen LogP contribution is 2.28. The molecule has 1 N–H and O–H groups in total. The molecule has 0 aliphatic carbocycles. The molecule has 0 bridgehead atoms. The molecule has 0 atom stereocenters. The van der Waals surface area contributed by atoms with Gasteiger partial charge in [0.25, 0.3) is 5.91 Å². The van der Waals surface area contributed by atoms with Crippen LogP contribution in [0.3, 0.4) is 0 Å². The fourth-order valence-electron chi connectivity index (χ4n) is 3.11. The summed E-state index contributed by atoms with van der Waals surface area (Å²) >= 11 is 0. The van der Waals surface area contributed by atoms with Crippen molar-refractivity contribution >= 4 is 16.9 Å². The Kier molecular flexibility index (Phi) is 5.93. The zero-order valence-electron chi connectivity index (χ0n) is 16.8. The summed E-state index contributed by atoms with van der Waals surface area (Å²) < 4.78 is 16.3. The first-order valence-electron chi connectivity index (χ1n) is 9.64. The second-order valence-corrected chi connectivity index (χ2v) is 6.77. The number of pyridine rings is 1. The van der Waals surface area contributed by atoms with Crippen molar-refractivity contribution in [3.8, 4) is 22.6 Å². The van der Waals surface area contributed by atoms with Crippen LogP contribution in [-0.4, -0.2) is 24.6 Å². The van der Waals surface area contributed by atoms with Gasteiger partial charge in [-0.05, 0) is 47.5 Å². The second kappa shape index (κ2) is 9.13. The van der Waals surface area contributed by atoms with Gasteiger partial charge in [0.2, 0.25) is 0 Å². The van der Waals surface area contributed by atoms with E-state index >= 15 is 0 Å². The SMILES string of the molecule is COc1cccc2cc(-c3ccc(OCC(=O)NCc4ccncc4)cc3)c(=O)oc12. The number of carbonyl (C=O) groups is 1. The van der Waals surface area contributed by atoms with Gasteiger partial charge in [0.15, 0.2) is 17.9 Å². The summed E-state index contributed by atoms with van der Waals surface area (Å²) in [5.41, 5.74) is 2.03. The van der Waals surface area contributed by atoms with Crippen molar-refractivity contribution < 1.29 is 18.7 Å². The third-order valence-electron chi connectivity index (χ3n) is 4.72. The number of para-hydroxylation sites is 1. The van der Waals surface area contributed by atoms with Crippen molar-refractivity contribution in [2.45, 2.75) is 6.54 Å². The predicted molar refractivity (Wildman–Crippen MR) is 116 cm³/mol. The Bertz CT molecular complexity index is 1250. The lowest BCUT2D eigenvalue weighted by molar-refractivity contribution is -0.123. The number of nitrogens with one attached hydrogen (secondary N) is 1. The van der Waals surface area contributed by atoms with Gasteiger partial charge in [0.1, 0.15) is 5.75 Å². The molecule has 0 unspecified atom stereocenters. The van der Waals surface area contributed by atoms with Crippen molar-refractivity contribution in [1.82, 2.24) is 10.3 Å². The molecule has 0 saturated carbocycles. The minimum absolute atomic E-state index is 0.109. The molecule has 2 aromatic heterocycles. The first-order valence-corrected chi connectivity index (χ1v) is 9.64. The quantitative estimate of drug-likeness (QED) is 0.463. The number of aromatic nitrogens is 1. The normalized spacial score (nSPS) is 10.6. The highest BCUT2D eigenvalue weighted by atomic mass is 16.5. The van der Waals surface area contributed by atoms with Crippen LogP contribution in [0, 0.1) is 0 Å². The maximum atomic E-state index is 12.5. The highest BCUT2D eigenvalue weighted by molar-refractivity contribution is 5.86. The molecule has 0 spiro atoms. The van der Waals surface area contributed by atoms with Gasteiger partial charge in [-0.2, -0.15) is 0 Å². The number of fused-ring (bicyclic) bond motifs is 1. The summed E-state index contributed by atoms with van der Waals surface area (Å²) in [6.45, 7) is 0.300. The van der Waals surface area contributed by atoms with E-state index in [0.717, 1.165) is 10.9 Å². The van der Waals surface area contributed by atoms with Gasteiger partial charge in [-0.3, -0.25) is 9.78 Å². The Hall–Kier alpha value is -4.13. The van der Waals surface area contributed by atoms with Gasteiger partial charge >= 0.3 is 5.63 Å². The average molecular weight is 416 g/mol. The number of carbonyl (C=O) groups excluding carboxylic acids is 1. The Balaban J connectivity index is 1.42. The topological polar surface area (TPSA) is 90.7 Å². The first-order chi connectivity index (χ1) is 15.1. The van der Waals surface area contributed by atoms with E-state index in [1.807, 2.05) is 24.3 Å². The van der Waals surface area contributed by atoms with Crippen LogP contribution in [-0.2, 0) is 11.3 Å². The Morgan fingerprint density at radius 1 is 1.06 bits per heavy atom. The summed E-state index contributed by atoms with van der Waals surface area (Å²) in [5.74, 6) is 0.798. The van der Waals surface area contributed by atoms with E-state index in [1.165, 1.54) is 7.11 Å². The van der Waals surface area contributed by atoms with Gasteiger partial charge in [0, 0.05) is 24.3 Å². The number of ether oxygens (including phenoxy) is 2. The van der Waals surface area contributed by atoms with Crippen LogP contribution >= 0.6 is 0 Å². The monoisotopic (exact) mass is 416 g/mol. The van der Waals surface area contributed by atoms with Gasteiger partial charge in [0.05, 0.1) is 12.7 Å². The van der Waals surface area contributed by atoms with Crippen LogP contribution in [0.15, 0.2) is 82.3 Å². The molecule has 2 heterocycles. The summed E-state index contributed by atoms with van der Waals surface area (Å²) in [7, 11) is 1.53. The largest absolute Gasteiger partial charge is 0.493 e. The summed E-state index contributed by atoms with van der Waals surface area (Å²) in [5, 5.41) is 3.55. The molecule has 0 saturated heterocycles. The maximum Gasteiger partial charge on any atom is 0.344 e. The van der Waals surface area contributed by atoms with Gasteiger partial charge in [-0.15, -0.1) is 0 Å². The second-order valence-electron chi connectivity index (χ2n) is 6.77. The average Bonchev–Trinajstić information content (AvgIpc) is 2.81. The van der Waals surface area contributed by atoms with Gasteiger partial charge in [-0.1, -0.05) is 24.3 Å². The standard InChI is InChI=1S/C24H20N2O5/c1-29-21-4-2-3-18-13-20(24(28)31-23(18)21)17-5-7-19(8-6-17)30-15-22(27)26-14-16-9-11-25-12-10-16/h2-13H,14-15H2,1H3,(H,26,27). The van der Waals surface area contributed by atoms with E-state index in [2.05, 4.69) is 10.3 Å². The minimum Gasteiger partial charge on any atom is -0.493 e. The number of hydrogen-bond donors (Lipinski definition) is 1. The fourth-order valence-corrected chi connectivity index (χ4v) is 3.11. The third-order valence-corrected chi connectivity index (χ3v) is 4.72. The number of benzene rings is 2. The molecular formula is C24H20N2O5. The third kappa shape index (κ3) is 4.72. The molecule has 0 radical (unpaired) electrons. The van der Waals surface area contributed by atoms with Crippen molar-refractivity contribution in [3.63, 3.8) is 0 Å². The van der Waals surface area contributed by atoms with Crippen LogP contribution < -0.4 is 20.4 Å². The van der Waals surface area contributed by atoms with Crippen LogP contribution in [0.5, 0.6) is 11.5 Å². The highest BCUT2D eigenvalue weighted by Gasteiger charge is 2.11. The first kappa shape index (κ1) is 20.2. The molecule has 31 heavy (non-hydrogen) atoms. The van der Waals surface area contributed by atoms with Crippen LogP contribution in [0.25, 0.3) is 22.1 Å². The Morgan fingerprint density at radius 2 is 1.84 bits per heavy atom. The maximum absolute atomic E-state index is 12.5. The molecule has 7 nitrogen and oxygen atoms in total. The smallest absolute Gasteiger partial charge is 0.344 e. The summed E-state index contributed by atoms with van der Waals surface area (Å²) in [6, 6.07) is 17.8. The Morgan fingerprint density at radius 3 is 2.58 bits per heavy atom. The number of hydrogen-bond acceptors (Lipinski definition) is 6. The molecular weight excluding hydrogens is 396 g/mol. The zero-order chi connectivity index (χ0) is 21.6. The lowest BCUT2D eigenvalue weighted by atomic mass is 10.1. The van der Waals surface area contributed by atoms with Crippen LogP contribution in [0.2, 0.25) is 0 Å². The van der Waals surface area contributed by atoms with Crippen molar-refractivity contribution in [2.24, 2.45) is 0 Å². The molecule has 7 heteroatoms. The predicted octanol–water partition coefficient (Wildman–Crippen LogP) is 3.56. The summed E-state index contributed by atoms with van der Waals surface area (Å²) in [6.07, 6.45) is 3.35. The van der Waals surface area contributed by atoms with E-state index in [-0.39, 0.29) is 12.5 Å². The molecule has 0 fully saturated rings. The van der Waals surface area contributed by atoms with Crippen molar-refractivity contribution in [1.29, 1.82) is 0 Å². The molecule has 156 valence electrons. The lowest BCUT2D eigenvalue weighted by Gasteiger charge is -2.09. The van der Waals surface area contributed by atoms with Gasteiger partial charge < -0.3 is 19.2 Å². The number of methoxy groups -OCH3 is 1. The lowest BCUT2D eigenvalue weighted by Crippen LogP contribution is -2.28. The zero-order valence-corrected chi connectivity index (χ0v) is 16.8. The van der Waals surface area contributed by atoms with E-state index in [0.29, 0.717) is 34.8 Å². The van der Waals surface area contributed by atoms with Crippen molar-refractivity contribution in [3.05, 3.63) is 89.0 Å². The van der Waals surface area contributed by atoms with E-state index in [1.54, 1.807) is 48.8 Å². The number of rotatable bonds is 7. The molecule has 4 aromatic rings. The molecule has 1 amide bonds. The Labute approximate surface area is 178 Å². The van der Waals surface area contributed by atoms with E-state index in [9.17, 15) is 9.59 Å². The van der Waals surface area contributed by atoms with E-state index < -0.39 is 5.63 Å². The molecule has 0 aliphatic heterocycles. The molecule has 4 rings (SSSR count). The minimum atomic E-state index is -0.457. The number of amides is 1. The van der Waals surface area contributed by atoms with Crippen LogP contribution in [0.1, 0.15) is 5.56 Å². The fraction of sp³-hybridized carbons (Fsp3) is 0.125. The van der Waals surface area contributed by atoms with Crippen LogP contribution in [0.4, 0.5) is 0 Å². The molecule has 2 aromatic carbocycles. The van der Waals surface area contributed by atoms with Gasteiger partial charge in [-0.25, -0.2) is 4.79 Å². The number of nitrogens with zero attached hydrogens (tertiary/aromatic N) is 1. The van der Waals surface area contributed by atoms with E-state index in [4.69, 9.17) is 13.9 Å².